The van der Waals surface area contributed by atoms with Crippen LogP contribution in [0.4, 0.5) is 5.95 Å². The zero-order valence-corrected chi connectivity index (χ0v) is 18.2. The fraction of sp³-hybridized carbons (Fsp3) is 0.150. The minimum Gasteiger partial charge on any atom is -0.473 e. The van der Waals surface area contributed by atoms with Crippen molar-refractivity contribution in [3.05, 3.63) is 64.8 Å². The largest absolute Gasteiger partial charge is 0.473 e. The lowest BCUT2D eigenvalue weighted by atomic mass is 10.2. The average Bonchev–Trinajstić information content (AvgIpc) is 3.08. The molecule has 152 valence electrons. The first kappa shape index (κ1) is 22.5. The number of halogens is 1. The van der Waals surface area contributed by atoms with Gasteiger partial charge in [-0.05, 0) is 41.6 Å². The van der Waals surface area contributed by atoms with Crippen LogP contribution in [0.15, 0.2) is 64.1 Å². The highest BCUT2D eigenvalue weighted by atomic mass is 79.9. The minimum atomic E-state index is -1.82. The Bertz CT molecular complexity index is 960. The molecule has 0 bridgehead atoms. The second-order valence-corrected chi connectivity index (χ2v) is 7.64. The van der Waals surface area contributed by atoms with Gasteiger partial charge in [-0.3, -0.25) is 0 Å². The lowest BCUT2D eigenvalue weighted by Crippen LogP contribution is -2.09. The van der Waals surface area contributed by atoms with Crippen LogP contribution < -0.4 is 5.32 Å². The van der Waals surface area contributed by atoms with Gasteiger partial charge in [0, 0.05) is 23.0 Å². The van der Waals surface area contributed by atoms with Crippen LogP contribution in [-0.2, 0) is 23.2 Å². The van der Waals surface area contributed by atoms with E-state index in [0.29, 0.717) is 0 Å². The van der Waals surface area contributed by atoms with E-state index in [1.165, 1.54) is 10.5 Å². The van der Waals surface area contributed by atoms with Gasteiger partial charge in [0.15, 0.2) is 0 Å². The Balaban J connectivity index is 0.000000438. The maximum atomic E-state index is 9.10. The zero-order chi connectivity index (χ0) is 21.4. The maximum Gasteiger partial charge on any atom is 0.414 e. The third-order valence-corrected chi connectivity index (χ3v) is 5.19. The summed E-state index contributed by atoms with van der Waals surface area (Å²) in [5.41, 5.74) is 3.49. The Morgan fingerprint density at radius 1 is 1.07 bits per heavy atom. The molecule has 9 heteroatoms. The molecule has 29 heavy (non-hydrogen) atoms. The van der Waals surface area contributed by atoms with Crippen molar-refractivity contribution in [2.45, 2.75) is 11.4 Å². The number of benzene rings is 2. The van der Waals surface area contributed by atoms with E-state index in [1.807, 2.05) is 25.4 Å². The summed E-state index contributed by atoms with van der Waals surface area (Å²) < 4.78 is 3.16. The van der Waals surface area contributed by atoms with Crippen molar-refractivity contribution in [3.8, 4) is 11.3 Å². The number of nitrogens with one attached hydrogen (secondary N) is 1. The molecular weight excluding hydrogens is 458 g/mol. The number of thioether (sulfide) groups is 1. The second kappa shape index (κ2) is 10.7. The molecule has 0 fully saturated rings. The van der Waals surface area contributed by atoms with E-state index in [1.54, 1.807) is 11.8 Å². The number of hydrogen-bond donors (Lipinski definition) is 3. The van der Waals surface area contributed by atoms with E-state index in [2.05, 4.69) is 73.5 Å². The fourth-order valence-corrected chi connectivity index (χ4v) is 3.06. The van der Waals surface area contributed by atoms with Crippen molar-refractivity contribution in [1.29, 1.82) is 0 Å². The highest BCUT2D eigenvalue weighted by Crippen LogP contribution is 2.24. The van der Waals surface area contributed by atoms with Crippen molar-refractivity contribution < 1.29 is 19.8 Å². The SMILES string of the molecule is CSc1ccc(CNc2ncc(-c3ccc(Br)cc3)n2C)cc1.O=C(O)C(=O)O. The number of nitrogens with zero attached hydrogens (tertiary/aromatic N) is 2. The summed E-state index contributed by atoms with van der Waals surface area (Å²) in [5.74, 6) is -2.78. The molecule has 0 saturated carbocycles. The Morgan fingerprint density at radius 2 is 1.66 bits per heavy atom. The summed E-state index contributed by atoms with van der Waals surface area (Å²) in [6.07, 6.45) is 3.99. The molecule has 0 amide bonds. The van der Waals surface area contributed by atoms with E-state index in [4.69, 9.17) is 19.8 Å². The first-order valence-corrected chi connectivity index (χ1v) is 10.4. The zero-order valence-electron chi connectivity index (χ0n) is 15.8. The summed E-state index contributed by atoms with van der Waals surface area (Å²) in [5, 5.41) is 18.2. The molecule has 2 aromatic carbocycles. The molecule has 1 heterocycles. The molecule has 3 aromatic rings. The number of carboxylic acids is 2. The molecular formula is C20H20BrN3O4S. The molecule has 3 N–H and O–H groups in total. The Kier molecular flexibility index (Phi) is 8.29. The summed E-state index contributed by atoms with van der Waals surface area (Å²) in [4.78, 5) is 24.0. The van der Waals surface area contributed by atoms with Crippen LogP contribution >= 0.6 is 27.7 Å². The predicted octanol–water partition coefficient (Wildman–Crippen LogP) is 4.34. The van der Waals surface area contributed by atoms with Gasteiger partial charge in [0.1, 0.15) is 0 Å². The van der Waals surface area contributed by atoms with Crippen LogP contribution in [0, 0.1) is 0 Å². The number of anilines is 1. The van der Waals surface area contributed by atoms with Crippen LogP contribution in [0.3, 0.4) is 0 Å². The van der Waals surface area contributed by atoms with Gasteiger partial charge in [0.25, 0.3) is 0 Å². The third kappa shape index (κ3) is 6.65. The molecule has 0 saturated heterocycles. The quantitative estimate of drug-likeness (QED) is 0.370. The molecule has 0 unspecified atom stereocenters. The van der Waals surface area contributed by atoms with Gasteiger partial charge in [-0.1, -0.05) is 40.2 Å². The van der Waals surface area contributed by atoms with Crippen LogP contribution in [0.25, 0.3) is 11.3 Å². The molecule has 0 spiro atoms. The summed E-state index contributed by atoms with van der Waals surface area (Å²) >= 11 is 5.22. The second-order valence-electron chi connectivity index (χ2n) is 5.84. The molecule has 0 aliphatic heterocycles. The Labute approximate surface area is 180 Å². The highest BCUT2D eigenvalue weighted by Gasteiger charge is 2.08. The number of imidazole rings is 1. The van der Waals surface area contributed by atoms with Gasteiger partial charge < -0.3 is 20.1 Å². The molecule has 3 rings (SSSR count). The number of carboxylic acid groups (broad SMARTS) is 2. The number of aliphatic carboxylic acids is 2. The van der Waals surface area contributed by atoms with E-state index >= 15 is 0 Å². The van der Waals surface area contributed by atoms with Crippen LogP contribution in [0.2, 0.25) is 0 Å². The van der Waals surface area contributed by atoms with Crippen LogP contribution in [0.5, 0.6) is 0 Å². The monoisotopic (exact) mass is 477 g/mol. The molecule has 1 aromatic heterocycles. The van der Waals surface area contributed by atoms with E-state index in [-0.39, 0.29) is 0 Å². The highest BCUT2D eigenvalue weighted by molar-refractivity contribution is 9.10. The summed E-state index contributed by atoms with van der Waals surface area (Å²) in [7, 11) is 2.03. The summed E-state index contributed by atoms with van der Waals surface area (Å²) in [6.45, 7) is 0.763. The Hall–Kier alpha value is -2.78. The lowest BCUT2D eigenvalue weighted by molar-refractivity contribution is -0.159. The topological polar surface area (TPSA) is 104 Å². The van der Waals surface area contributed by atoms with Crippen LogP contribution in [-0.4, -0.2) is 38.0 Å². The van der Waals surface area contributed by atoms with Gasteiger partial charge in [-0.15, -0.1) is 11.8 Å². The fourth-order valence-electron chi connectivity index (χ4n) is 2.39. The van der Waals surface area contributed by atoms with Gasteiger partial charge in [0.05, 0.1) is 11.9 Å². The minimum absolute atomic E-state index is 0.763. The van der Waals surface area contributed by atoms with Crippen molar-refractivity contribution >= 4 is 45.6 Å². The first-order valence-electron chi connectivity index (χ1n) is 8.42. The molecule has 0 aliphatic carbocycles. The van der Waals surface area contributed by atoms with Crippen LogP contribution in [0.1, 0.15) is 5.56 Å². The van der Waals surface area contributed by atoms with E-state index < -0.39 is 11.9 Å². The van der Waals surface area contributed by atoms with Gasteiger partial charge in [0.2, 0.25) is 5.95 Å². The smallest absolute Gasteiger partial charge is 0.414 e. The Morgan fingerprint density at radius 3 is 2.17 bits per heavy atom. The maximum absolute atomic E-state index is 9.10. The predicted molar refractivity (Wildman–Crippen MR) is 117 cm³/mol. The van der Waals surface area contributed by atoms with Gasteiger partial charge in [-0.25, -0.2) is 14.6 Å². The average molecular weight is 478 g/mol. The van der Waals surface area contributed by atoms with Crippen molar-refractivity contribution in [2.24, 2.45) is 7.05 Å². The summed E-state index contributed by atoms with van der Waals surface area (Å²) in [6, 6.07) is 16.9. The van der Waals surface area contributed by atoms with E-state index in [0.717, 1.165) is 28.2 Å². The van der Waals surface area contributed by atoms with E-state index in [9.17, 15) is 0 Å². The lowest BCUT2D eigenvalue weighted by Gasteiger charge is -2.09. The van der Waals surface area contributed by atoms with Crippen molar-refractivity contribution in [3.63, 3.8) is 0 Å². The number of rotatable bonds is 5. The van der Waals surface area contributed by atoms with Gasteiger partial charge in [-0.2, -0.15) is 0 Å². The molecule has 7 nitrogen and oxygen atoms in total. The molecule has 0 atom stereocenters. The first-order chi connectivity index (χ1) is 13.8. The third-order valence-electron chi connectivity index (χ3n) is 3.92. The normalized spacial score (nSPS) is 10.0. The molecule has 0 aliphatic rings. The number of carbonyl (C=O) groups is 2. The number of hydrogen-bond acceptors (Lipinski definition) is 5. The van der Waals surface area contributed by atoms with Crippen molar-refractivity contribution in [1.82, 2.24) is 9.55 Å². The van der Waals surface area contributed by atoms with Gasteiger partial charge >= 0.3 is 11.9 Å². The molecule has 0 radical (unpaired) electrons. The number of aromatic nitrogens is 2. The van der Waals surface area contributed by atoms with Crippen molar-refractivity contribution in [2.75, 3.05) is 11.6 Å². The standard InChI is InChI=1S/C18H18BrN3S.C2H2O4/c1-22-17(14-5-7-15(19)8-6-14)12-21-18(22)20-11-13-3-9-16(23-2)10-4-13;3-1(4)2(5)6/h3-10,12H,11H2,1-2H3,(H,20,21);(H,3,4)(H,5,6).